The average Bonchev–Trinajstić information content (AvgIpc) is 3.01. The van der Waals surface area contributed by atoms with E-state index in [0.29, 0.717) is 0 Å². The van der Waals surface area contributed by atoms with Crippen LogP contribution in [0.1, 0.15) is 44.5 Å². The van der Waals surface area contributed by atoms with Gasteiger partial charge in [-0.2, -0.15) is 0 Å². The van der Waals surface area contributed by atoms with Gasteiger partial charge in [-0.3, -0.25) is 0 Å². The van der Waals surface area contributed by atoms with Crippen molar-refractivity contribution in [2.45, 2.75) is -4.52 Å². The molecule has 0 nitrogen and oxygen atoms in total. The van der Waals surface area contributed by atoms with E-state index in [4.69, 9.17) is 0 Å². The molecule has 0 amide bonds. The molecule has 0 bridgehead atoms. The molecule has 4 aromatic carbocycles. The summed E-state index contributed by atoms with van der Waals surface area (Å²) in [6, 6.07) is 30.8. The van der Waals surface area contributed by atoms with Gasteiger partial charge in [0.2, 0.25) is 0 Å². The first-order valence-electron chi connectivity index (χ1n) is 14.6. The van der Waals surface area contributed by atoms with Crippen molar-refractivity contribution in [1.29, 1.82) is 0 Å². The van der Waals surface area contributed by atoms with Crippen LogP contribution in [-0.4, -0.2) is 15.0 Å². The fourth-order valence-electron chi connectivity index (χ4n) is 6.07. The quantitative estimate of drug-likeness (QED) is 0.0753. The fourth-order valence-corrected chi connectivity index (χ4v) is 25.6. The van der Waals surface area contributed by atoms with E-state index < -0.39 is 15.0 Å². The van der Waals surface area contributed by atoms with Crippen LogP contribution >= 0.6 is 542 Å². The fraction of sp³-hybridized carbons (Fsp3) is 0.250. The summed E-state index contributed by atoms with van der Waals surface area (Å²) in [5.74, 6) is 0. The van der Waals surface area contributed by atoms with Gasteiger partial charge in [0.1, 0.15) is 0 Å². The Morgan fingerprint density at radius 1 is 0.193 bits per heavy atom. The van der Waals surface area contributed by atoms with E-state index in [-0.39, 0.29) is -4.52 Å². The summed E-state index contributed by atoms with van der Waals surface area (Å²) >= 11 is 59.0. The van der Waals surface area contributed by atoms with Gasteiger partial charge < -0.3 is 0 Å². The molecule has 0 saturated heterocycles. The molecule has 312 valence electrons. The van der Waals surface area contributed by atoms with Gasteiger partial charge in [-0.15, -0.1) is 0 Å². The summed E-state index contributed by atoms with van der Waals surface area (Å²) in [7, 11) is 0. The Morgan fingerprint density at radius 2 is 0.298 bits per heavy atom. The van der Waals surface area contributed by atoms with Gasteiger partial charge in [0.15, 0.2) is 0 Å². The maximum atomic E-state index is 2.64. The number of hydrogen-bond acceptors (Lipinski definition) is 0. The molecule has 0 spiro atoms. The molecule has 0 unspecified atom stereocenters. The van der Waals surface area contributed by atoms with Gasteiger partial charge in [0.05, 0.1) is 0 Å². The summed E-state index contributed by atoms with van der Waals surface area (Å²) in [4.78, 5) is 0. The zero-order valence-electron chi connectivity index (χ0n) is 26.6. The van der Waals surface area contributed by atoms with Crippen molar-refractivity contribution >= 4 is 574 Å². The molecule has 0 aliphatic rings. The van der Waals surface area contributed by atoms with Crippen LogP contribution in [0.3, 0.4) is 0 Å². The number of rotatable bonds is 12. The van der Waals surface area contributed by atoms with Gasteiger partial charge >= 0.3 is 686 Å². The third-order valence-corrected chi connectivity index (χ3v) is 34.6. The van der Waals surface area contributed by atoms with Crippen LogP contribution in [0.5, 0.6) is 0 Å². The van der Waals surface area contributed by atoms with E-state index in [1.807, 2.05) is 0 Å². The predicted molar refractivity (Wildman–Crippen MR) is 460 cm³/mol. The van der Waals surface area contributed by atoms with Crippen molar-refractivity contribution < 1.29 is 0 Å². The van der Waals surface area contributed by atoms with E-state index in [1.54, 1.807) is 0 Å². The second-order valence-electron chi connectivity index (χ2n) is 12.2. The Bertz CT molecular complexity index is 1700. The first-order chi connectivity index (χ1) is 25.3. The minimum absolute atomic E-state index is 0.145. The van der Waals surface area contributed by atoms with E-state index >= 15 is 0 Å². The first kappa shape index (κ1) is 64.6. The Morgan fingerprint density at radius 3 is 0.386 bits per heavy atom. The monoisotopic (exact) mass is 3510 g/mol. The number of hydrogen-bond donors (Lipinski definition) is 0. The second kappa shape index (κ2) is 25.4. The molecule has 0 aliphatic carbocycles. The standard InChI is InChI=1S/4C8H3I6.Ga/c4*9-7(10,11)5-2-1-3-6(4-5)8(12,13)14;/h4*2-4H;/q;;;;-1. The van der Waals surface area contributed by atoms with Gasteiger partial charge in [0.25, 0.3) is 0 Å². The molecule has 0 aliphatic heterocycles. The van der Waals surface area contributed by atoms with Crippen molar-refractivity contribution in [3.63, 3.8) is 0 Å². The molecule has 0 atom stereocenters. The summed E-state index contributed by atoms with van der Waals surface area (Å²) in [5.41, 5.74) is 10.8. The van der Waals surface area contributed by atoms with E-state index in [1.165, 1.54) is 61.0 Å². The van der Waals surface area contributed by atoms with Crippen LogP contribution in [0.25, 0.3) is 0 Å². The van der Waals surface area contributed by atoms with Crippen molar-refractivity contribution in [3.05, 3.63) is 117 Å². The molecule has 25 heteroatoms. The summed E-state index contributed by atoms with van der Waals surface area (Å²) in [6.07, 6.45) is 0. The Balaban J connectivity index is 2.62. The second-order valence-corrected chi connectivity index (χ2v) is 110. The van der Waals surface area contributed by atoms with E-state index in [0.717, 1.165) is 0 Å². The zero-order chi connectivity index (χ0) is 43.9. The normalized spacial score (nSPS) is 14.3. The van der Waals surface area contributed by atoms with Crippen LogP contribution < -0.4 is 16.5 Å². The van der Waals surface area contributed by atoms with Crippen molar-refractivity contribution in [1.82, 2.24) is 0 Å². The SMILES string of the molecule is IC(I)(I)c1cc(C(I)(I)I)c[c]([Ga-]([c]2cc(C(I)(I)I)cc(C(I)(I)I)c2)([c]2cc(C(I)(I)I)cc(C(I)(I)I)c2)[c]2cc(C(I)(I)I)cc(C(I)(I)I)c2)c1. The van der Waals surface area contributed by atoms with Crippen LogP contribution in [0.15, 0.2) is 72.8 Å². The number of halogens is 24. The van der Waals surface area contributed by atoms with Crippen LogP contribution in [-0.2, 0) is -4.52 Å². The predicted octanol–water partition coefficient (Wildman–Crippen LogP) is 22.4. The molecule has 0 N–H and O–H groups in total. The first-order valence-corrected chi connectivity index (χ1v) is 45.4. The third kappa shape index (κ3) is 18.6. The van der Waals surface area contributed by atoms with Crippen molar-refractivity contribution in [2.24, 2.45) is 0 Å². The molecular formula is C32H12GaI24-. The van der Waals surface area contributed by atoms with Gasteiger partial charge in [-0.25, -0.2) is 0 Å². The molecule has 4 rings (SSSR count). The summed E-state index contributed by atoms with van der Waals surface area (Å²) in [5, 5.41) is 0. The molecule has 0 radical (unpaired) electrons. The Kier molecular flexibility index (Phi) is 28.8. The summed E-state index contributed by atoms with van der Waals surface area (Å²) in [6.45, 7) is 0. The molecule has 0 heterocycles. The maximum absolute atomic E-state index is 4.43. The third-order valence-electron chi connectivity index (χ3n) is 8.44. The Hall–Kier alpha value is 15.0. The topological polar surface area (TPSA) is 0 Å². The molecule has 0 fully saturated rings. The van der Waals surface area contributed by atoms with Crippen LogP contribution in [0.2, 0.25) is 0 Å². The summed E-state index contributed by atoms with van der Waals surface area (Å²) < 4.78 is 4.76. The molecule has 0 aromatic heterocycles. The minimum atomic E-state index is -4.43. The zero-order valence-corrected chi connectivity index (χ0v) is 80.8. The number of benzene rings is 4. The van der Waals surface area contributed by atoms with Crippen molar-refractivity contribution in [3.8, 4) is 0 Å². The Labute approximate surface area is 665 Å². The van der Waals surface area contributed by atoms with Crippen LogP contribution in [0, 0.1) is 0 Å². The molecular weight excluding hydrogens is 3500 g/mol. The van der Waals surface area contributed by atoms with Gasteiger partial charge in [0, 0.05) is 0 Å². The number of alkyl halides is 24. The van der Waals surface area contributed by atoms with E-state index in [2.05, 4.69) is 615 Å². The van der Waals surface area contributed by atoms with Crippen molar-refractivity contribution in [2.75, 3.05) is 0 Å². The molecule has 4 aromatic rings. The average molecular weight is 3510 g/mol. The van der Waals surface area contributed by atoms with Gasteiger partial charge in [-0.05, 0) is 0 Å². The van der Waals surface area contributed by atoms with Gasteiger partial charge in [-0.1, -0.05) is 0 Å². The van der Waals surface area contributed by atoms with Crippen LogP contribution in [0.4, 0.5) is 0 Å². The molecule has 0 saturated carbocycles. The molecule has 57 heavy (non-hydrogen) atoms. The van der Waals surface area contributed by atoms with E-state index in [9.17, 15) is 0 Å².